The Morgan fingerprint density at radius 3 is 2.46 bits per heavy atom. The van der Waals surface area contributed by atoms with Crippen LogP contribution in [0.4, 0.5) is 27.6 Å². The van der Waals surface area contributed by atoms with Crippen LogP contribution in [-0.4, -0.2) is 57.8 Å². The van der Waals surface area contributed by atoms with Gasteiger partial charge in [-0.15, -0.1) is 0 Å². The molecular weight excluding hydrogens is 641 g/mol. The molecule has 3 heterocycles. The quantitative estimate of drug-likeness (QED) is 0.206. The fourth-order valence-corrected chi connectivity index (χ4v) is 6.09. The molecule has 0 saturated heterocycles. The number of hydrogen-bond acceptors (Lipinski definition) is 7. The SMILES string of the molecule is Cc1cnc2c(NC(=O)C3CC3)cc(C(=O)NC[C@](O)(c3cc4c(c(-c5ccc(F)cc5)n3)OC3C(F)[C@@]43C(N)=O)C(F)(F)F)cc2c1. The Morgan fingerprint density at radius 2 is 1.81 bits per heavy atom. The minimum Gasteiger partial charge on any atom is -0.483 e. The minimum absolute atomic E-state index is 0.0419. The van der Waals surface area contributed by atoms with Gasteiger partial charge >= 0.3 is 6.18 Å². The van der Waals surface area contributed by atoms with Crippen LogP contribution in [0.1, 0.15) is 40.0 Å². The fraction of sp³-hybridized carbons (Fsp3) is 0.303. The third kappa shape index (κ3) is 4.83. The van der Waals surface area contributed by atoms with Gasteiger partial charge in [0.1, 0.15) is 11.5 Å². The molecule has 2 saturated carbocycles. The number of halogens is 5. The van der Waals surface area contributed by atoms with Crippen molar-refractivity contribution in [3.8, 4) is 17.0 Å². The summed E-state index contributed by atoms with van der Waals surface area (Å²) in [4.78, 5) is 46.8. The van der Waals surface area contributed by atoms with Crippen LogP contribution < -0.4 is 21.1 Å². The number of aliphatic hydroxyl groups is 1. The van der Waals surface area contributed by atoms with Crippen molar-refractivity contribution in [1.29, 1.82) is 0 Å². The number of carbonyl (C=O) groups excluding carboxylic acids is 3. The van der Waals surface area contributed by atoms with Crippen LogP contribution in [0, 0.1) is 18.7 Å². The number of primary amides is 1. The summed E-state index contributed by atoms with van der Waals surface area (Å²) < 4.78 is 78.7. The molecule has 10 nitrogen and oxygen atoms in total. The molecule has 2 unspecified atom stereocenters. The zero-order valence-electron chi connectivity index (χ0n) is 25.0. The standard InChI is InChI=1S/C33H26F5N5O5/c1-14-8-17-9-18(10-21(23(17)40-12-14)42-29(45)16-2-3-16)28(44)41-13-31(47,33(36,37)38)22-11-20-25(48-27-26(35)32(20,27)30(39)46)24(43-22)15-4-6-19(34)7-5-15/h4-12,16,26-27,47H,2-3,13H2,1H3,(H2,39,46)(H,41,44)(H,42,45)/t26?,27?,31-,32-/m0/s1. The predicted octanol–water partition coefficient (Wildman–Crippen LogP) is 4.11. The summed E-state index contributed by atoms with van der Waals surface area (Å²) in [6.45, 7) is 0.280. The topological polar surface area (TPSA) is 157 Å². The molecule has 0 radical (unpaired) electrons. The summed E-state index contributed by atoms with van der Waals surface area (Å²) in [6, 6.07) is 9.41. The summed E-state index contributed by atoms with van der Waals surface area (Å²) >= 11 is 0. The van der Waals surface area contributed by atoms with Gasteiger partial charge in [0.25, 0.3) is 5.91 Å². The number of aryl methyl sites for hydroxylation is 1. The molecule has 7 rings (SSSR count). The van der Waals surface area contributed by atoms with Crippen molar-refractivity contribution >= 4 is 34.3 Å². The molecule has 2 aromatic carbocycles. The van der Waals surface area contributed by atoms with E-state index in [9.17, 15) is 41.4 Å². The summed E-state index contributed by atoms with van der Waals surface area (Å²) in [5.74, 6) is -3.62. The van der Waals surface area contributed by atoms with Gasteiger partial charge in [0.05, 0.1) is 23.4 Å². The van der Waals surface area contributed by atoms with E-state index in [1.807, 2.05) is 0 Å². The maximum absolute atomic E-state index is 14.9. The average molecular weight is 668 g/mol. The number of nitrogens with two attached hydrogens (primary N) is 1. The molecule has 4 aromatic rings. The zero-order chi connectivity index (χ0) is 34.3. The van der Waals surface area contributed by atoms with Gasteiger partial charge in [0.15, 0.2) is 23.4 Å². The molecule has 2 aliphatic carbocycles. The predicted molar refractivity (Wildman–Crippen MR) is 160 cm³/mol. The van der Waals surface area contributed by atoms with Crippen molar-refractivity contribution in [2.45, 2.75) is 49.2 Å². The molecule has 48 heavy (non-hydrogen) atoms. The Labute approximate surface area is 268 Å². The highest BCUT2D eigenvalue weighted by Gasteiger charge is 2.78. The lowest BCUT2D eigenvalue weighted by atomic mass is 9.88. The van der Waals surface area contributed by atoms with Gasteiger partial charge in [0.2, 0.25) is 17.4 Å². The number of hydrogen-bond donors (Lipinski definition) is 4. The van der Waals surface area contributed by atoms with Gasteiger partial charge in [-0.05, 0) is 73.9 Å². The number of anilines is 1. The molecule has 4 atom stereocenters. The first-order valence-corrected chi connectivity index (χ1v) is 14.9. The van der Waals surface area contributed by atoms with Crippen molar-refractivity contribution in [3.05, 3.63) is 82.9 Å². The van der Waals surface area contributed by atoms with Gasteiger partial charge in [-0.25, -0.2) is 13.8 Å². The van der Waals surface area contributed by atoms with Crippen LogP contribution in [-0.2, 0) is 20.6 Å². The van der Waals surface area contributed by atoms with Gasteiger partial charge in [-0.2, -0.15) is 13.2 Å². The Morgan fingerprint density at radius 1 is 1.10 bits per heavy atom. The molecule has 5 N–H and O–H groups in total. The molecule has 1 aliphatic heterocycles. The number of nitrogens with one attached hydrogen (secondary N) is 2. The van der Waals surface area contributed by atoms with Crippen molar-refractivity contribution < 1.29 is 46.2 Å². The molecule has 248 valence electrons. The van der Waals surface area contributed by atoms with Crippen LogP contribution in [0.2, 0.25) is 0 Å². The summed E-state index contributed by atoms with van der Waals surface area (Å²) in [5.41, 5.74) is -1.12. The van der Waals surface area contributed by atoms with Crippen molar-refractivity contribution in [3.63, 3.8) is 0 Å². The molecule has 3 amide bonds. The summed E-state index contributed by atoms with van der Waals surface area (Å²) in [5, 5.41) is 16.6. The van der Waals surface area contributed by atoms with Crippen LogP contribution >= 0.6 is 0 Å². The van der Waals surface area contributed by atoms with E-state index >= 15 is 0 Å². The van der Waals surface area contributed by atoms with E-state index in [1.54, 1.807) is 19.2 Å². The number of aromatic nitrogens is 2. The van der Waals surface area contributed by atoms with E-state index < -0.39 is 59.3 Å². The normalized spacial score (nSPS) is 22.2. The van der Waals surface area contributed by atoms with Crippen LogP contribution in [0.5, 0.6) is 5.75 Å². The van der Waals surface area contributed by atoms with Crippen molar-refractivity contribution in [1.82, 2.24) is 15.3 Å². The second kappa shape index (κ2) is 10.7. The molecule has 2 fully saturated rings. The number of ether oxygens (including phenoxy) is 1. The molecule has 2 aromatic heterocycles. The lowest BCUT2D eigenvalue weighted by Gasteiger charge is -2.31. The van der Waals surface area contributed by atoms with E-state index in [2.05, 4.69) is 20.6 Å². The minimum atomic E-state index is -5.48. The second-order valence-electron chi connectivity index (χ2n) is 12.3. The molecular formula is C33H26F5N5O5. The highest BCUT2D eigenvalue weighted by molar-refractivity contribution is 6.06. The largest absolute Gasteiger partial charge is 0.483 e. The zero-order valence-corrected chi connectivity index (χ0v) is 25.0. The molecule has 0 bridgehead atoms. The number of alkyl halides is 4. The highest BCUT2D eigenvalue weighted by atomic mass is 19.4. The Balaban J connectivity index is 1.28. The maximum Gasteiger partial charge on any atom is 0.424 e. The first-order valence-electron chi connectivity index (χ1n) is 14.9. The first kappa shape index (κ1) is 31.4. The van der Waals surface area contributed by atoms with E-state index in [4.69, 9.17) is 10.5 Å². The number of pyridine rings is 2. The monoisotopic (exact) mass is 667 g/mol. The van der Waals surface area contributed by atoms with Crippen molar-refractivity contribution in [2.24, 2.45) is 11.7 Å². The number of fused-ring (bicyclic) bond motifs is 4. The fourth-order valence-electron chi connectivity index (χ4n) is 6.09. The Hall–Kier alpha value is -5.18. The molecule has 15 heteroatoms. The lowest BCUT2D eigenvalue weighted by Crippen LogP contribution is -2.51. The highest BCUT2D eigenvalue weighted by Crippen LogP contribution is 2.62. The average Bonchev–Trinajstić information content (AvgIpc) is 3.94. The van der Waals surface area contributed by atoms with E-state index in [0.29, 0.717) is 29.8 Å². The van der Waals surface area contributed by atoms with Gasteiger partial charge in [0, 0.05) is 34.2 Å². The van der Waals surface area contributed by atoms with Crippen LogP contribution in [0.25, 0.3) is 22.2 Å². The molecule has 0 spiro atoms. The van der Waals surface area contributed by atoms with Crippen LogP contribution in [0.15, 0.2) is 54.7 Å². The third-order valence-corrected chi connectivity index (χ3v) is 9.01. The number of rotatable bonds is 8. The summed E-state index contributed by atoms with van der Waals surface area (Å²) in [6.07, 6.45) is -5.92. The Kier molecular flexibility index (Phi) is 6.98. The second-order valence-corrected chi connectivity index (χ2v) is 12.3. The van der Waals surface area contributed by atoms with E-state index in [-0.39, 0.29) is 45.6 Å². The lowest BCUT2D eigenvalue weighted by molar-refractivity contribution is -0.265. The number of amides is 3. The third-order valence-electron chi connectivity index (χ3n) is 9.01. The Bertz CT molecular complexity index is 2040. The van der Waals surface area contributed by atoms with E-state index in [1.165, 1.54) is 24.3 Å². The van der Waals surface area contributed by atoms with E-state index in [0.717, 1.165) is 17.7 Å². The van der Waals surface area contributed by atoms with Gasteiger partial charge in [-0.1, -0.05) is 0 Å². The molecule has 3 aliphatic rings. The first-order chi connectivity index (χ1) is 22.6. The van der Waals surface area contributed by atoms with Crippen molar-refractivity contribution in [2.75, 3.05) is 11.9 Å². The number of nitrogens with zero attached hydrogens (tertiary/aromatic N) is 2. The number of benzene rings is 2. The smallest absolute Gasteiger partial charge is 0.424 e. The van der Waals surface area contributed by atoms with Crippen LogP contribution in [0.3, 0.4) is 0 Å². The van der Waals surface area contributed by atoms with Gasteiger partial charge in [-0.3, -0.25) is 19.4 Å². The number of carbonyl (C=O) groups is 3. The van der Waals surface area contributed by atoms with Gasteiger partial charge < -0.3 is 26.2 Å². The maximum atomic E-state index is 14.9. The summed E-state index contributed by atoms with van der Waals surface area (Å²) in [7, 11) is 0.